The Kier molecular flexibility index (Phi) is 6.58. The van der Waals surface area contributed by atoms with Gasteiger partial charge in [-0.15, -0.1) is 0 Å². The maximum Gasteiger partial charge on any atom is 0.256 e. The van der Waals surface area contributed by atoms with Gasteiger partial charge in [0.05, 0.1) is 12.2 Å². The second-order valence-electron chi connectivity index (χ2n) is 9.25. The first-order valence-corrected chi connectivity index (χ1v) is 11.6. The molecule has 2 N–H and O–H groups in total. The number of aromatic nitrogens is 2. The Bertz CT molecular complexity index is 1110. The summed E-state index contributed by atoms with van der Waals surface area (Å²) in [6.07, 6.45) is 1.67. The monoisotopic (exact) mass is 430 g/mol. The Balaban J connectivity index is 1.61. The normalized spacial score (nSPS) is 16.2. The summed E-state index contributed by atoms with van der Waals surface area (Å²) in [6, 6.07) is 18.9. The van der Waals surface area contributed by atoms with Crippen molar-refractivity contribution in [3.63, 3.8) is 0 Å². The van der Waals surface area contributed by atoms with Gasteiger partial charge < -0.3 is 0 Å². The van der Waals surface area contributed by atoms with E-state index in [2.05, 4.69) is 60.9 Å². The fourth-order valence-corrected chi connectivity index (χ4v) is 4.72. The highest BCUT2D eigenvalue weighted by molar-refractivity contribution is 5.29. The van der Waals surface area contributed by atoms with Crippen molar-refractivity contribution in [1.82, 2.24) is 20.2 Å². The zero-order valence-corrected chi connectivity index (χ0v) is 19.6. The number of benzene rings is 2. The number of aryl methyl sites for hydroxylation is 2. The first kappa shape index (κ1) is 22.4. The number of nitrogens with one attached hydrogen (secondary N) is 2. The summed E-state index contributed by atoms with van der Waals surface area (Å²) in [4.78, 5) is 18.0. The molecule has 2 heterocycles. The zero-order valence-electron chi connectivity index (χ0n) is 19.6. The molecule has 32 heavy (non-hydrogen) atoms. The van der Waals surface area contributed by atoms with E-state index in [-0.39, 0.29) is 11.2 Å². The molecule has 3 aromatic rings. The third kappa shape index (κ3) is 4.69. The van der Waals surface area contributed by atoms with Gasteiger partial charge in [-0.25, -0.2) is 4.98 Å². The molecule has 5 heteroatoms. The third-order valence-electron chi connectivity index (χ3n) is 6.61. The molecule has 1 aliphatic rings. The third-order valence-corrected chi connectivity index (χ3v) is 6.61. The zero-order chi connectivity index (χ0) is 22.7. The topological polar surface area (TPSA) is 59.0 Å². The Labute approximate surface area is 190 Å². The van der Waals surface area contributed by atoms with Crippen molar-refractivity contribution in [2.24, 2.45) is 5.92 Å². The van der Waals surface area contributed by atoms with Gasteiger partial charge in [-0.3, -0.25) is 20.0 Å². The van der Waals surface area contributed by atoms with Crippen molar-refractivity contribution in [2.45, 2.75) is 52.7 Å². The van der Waals surface area contributed by atoms with Crippen LogP contribution in [0.25, 0.3) is 0 Å². The van der Waals surface area contributed by atoms with Gasteiger partial charge in [0.25, 0.3) is 5.56 Å². The molecule has 0 amide bonds. The number of hydrogen-bond donors (Lipinski definition) is 2. The van der Waals surface area contributed by atoms with Crippen LogP contribution in [-0.2, 0) is 18.6 Å². The van der Waals surface area contributed by atoms with E-state index in [9.17, 15) is 4.79 Å². The highest BCUT2D eigenvalue weighted by atomic mass is 16.1. The fraction of sp³-hybridized carbons (Fsp3) is 0.407. The molecule has 0 radical (unpaired) electrons. The van der Waals surface area contributed by atoms with E-state index in [1.54, 1.807) is 0 Å². The lowest BCUT2D eigenvalue weighted by Crippen LogP contribution is -2.47. The van der Waals surface area contributed by atoms with Crippen LogP contribution in [0.15, 0.2) is 59.4 Å². The number of hydrogen-bond acceptors (Lipinski definition) is 4. The van der Waals surface area contributed by atoms with Gasteiger partial charge in [0.2, 0.25) is 0 Å². The van der Waals surface area contributed by atoms with Crippen molar-refractivity contribution >= 4 is 0 Å². The first-order chi connectivity index (χ1) is 15.4. The molecule has 168 valence electrons. The van der Waals surface area contributed by atoms with E-state index in [1.165, 1.54) is 11.1 Å². The Morgan fingerprint density at radius 1 is 1.00 bits per heavy atom. The quantitative estimate of drug-likeness (QED) is 0.598. The molecule has 1 atom stereocenters. The lowest BCUT2D eigenvalue weighted by Gasteiger charge is -2.33. The van der Waals surface area contributed by atoms with Crippen molar-refractivity contribution < 1.29 is 0 Å². The second kappa shape index (κ2) is 9.39. The molecule has 0 spiro atoms. The summed E-state index contributed by atoms with van der Waals surface area (Å²) in [5.41, 5.74) is 5.02. The SMILES string of the molecule is Cc1ccc(C2(CC(C)Cc3nc(C)c(C)c(=O)n3Cc3ccccc3)NCCN2)cc1. The minimum absolute atomic E-state index is 0.0638. The van der Waals surface area contributed by atoms with Crippen molar-refractivity contribution in [3.8, 4) is 0 Å². The molecule has 2 aromatic carbocycles. The van der Waals surface area contributed by atoms with Crippen LogP contribution < -0.4 is 16.2 Å². The first-order valence-electron chi connectivity index (χ1n) is 11.6. The average molecular weight is 431 g/mol. The van der Waals surface area contributed by atoms with Gasteiger partial charge in [-0.2, -0.15) is 0 Å². The maximum atomic E-state index is 13.2. The minimum atomic E-state index is -0.239. The van der Waals surface area contributed by atoms with E-state index in [0.717, 1.165) is 48.6 Å². The molecule has 1 fully saturated rings. The lowest BCUT2D eigenvalue weighted by molar-refractivity contribution is 0.263. The van der Waals surface area contributed by atoms with Crippen molar-refractivity contribution in [1.29, 1.82) is 0 Å². The van der Waals surface area contributed by atoms with Gasteiger partial charge in [0.1, 0.15) is 5.82 Å². The molecule has 1 aromatic heterocycles. The Morgan fingerprint density at radius 3 is 2.31 bits per heavy atom. The summed E-state index contributed by atoms with van der Waals surface area (Å²) in [5.74, 6) is 1.19. The molecule has 0 bridgehead atoms. The summed E-state index contributed by atoms with van der Waals surface area (Å²) in [5, 5.41) is 7.42. The van der Waals surface area contributed by atoms with Gasteiger partial charge >= 0.3 is 0 Å². The van der Waals surface area contributed by atoms with Gasteiger partial charge in [0, 0.05) is 30.8 Å². The summed E-state index contributed by atoms with van der Waals surface area (Å²) >= 11 is 0. The van der Waals surface area contributed by atoms with Gasteiger partial charge in [-0.1, -0.05) is 67.1 Å². The summed E-state index contributed by atoms with van der Waals surface area (Å²) in [6.45, 7) is 10.6. The summed E-state index contributed by atoms with van der Waals surface area (Å²) in [7, 11) is 0. The predicted molar refractivity (Wildman–Crippen MR) is 130 cm³/mol. The molecular weight excluding hydrogens is 396 g/mol. The Morgan fingerprint density at radius 2 is 1.66 bits per heavy atom. The van der Waals surface area contributed by atoms with E-state index in [1.807, 2.05) is 36.6 Å². The Hall–Kier alpha value is -2.76. The fourth-order valence-electron chi connectivity index (χ4n) is 4.72. The van der Waals surface area contributed by atoms with Crippen LogP contribution in [0.5, 0.6) is 0 Å². The predicted octanol–water partition coefficient (Wildman–Crippen LogP) is 3.83. The number of nitrogens with zero attached hydrogens (tertiary/aromatic N) is 2. The average Bonchev–Trinajstić information content (AvgIpc) is 3.25. The smallest absolute Gasteiger partial charge is 0.256 e. The highest BCUT2D eigenvalue weighted by Crippen LogP contribution is 2.30. The van der Waals surface area contributed by atoms with Crippen LogP contribution in [0.2, 0.25) is 0 Å². The molecule has 4 rings (SSSR count). The largest absolute Gasteiger partial charge is 0.294 e. The highest BCUT2D eigenvalue weighted by Gasteiger charge is 2.36. The molecule has 0 aliphatic carbocycles. The molecule has 5 nitrogen and oxygen atoms in total. The van der Waals surface area contributed by atoms with Gasteiger partial charge in [-0.05, 0) is 44.2 Å². The molecular formula is C27H34N4O. The molecule has 1 saturated heterocycles. The molecule has 1 aliphatic heterocycles. The van der Waals surface area contributed by atoms with E-state index < -0.39 is 0 Å². The van der Waals surface area contributed by atoms with E-state index in [4.69, 9.17) is 4.98 Å². The standard InChI is InChI=1S/C27H34N4O/c1-19-10-12-24(13-11-19)27(28-14-15-29-27)17-20(2)16-25-30-22(4)21(3)26(32)31(25)18-23-8-6-5-7-9-23/h5-13,20,28-29H,14-18H2,1-4H3. The van der Waals surface area contributed by atoms with Gasteiger partial charge in [0.15, 0.2) is 0 Å². The minimum Gasteiger partial charge on any atom is -0.294 e. The maximum absolute atomic E-state index is 13.2. The summed E-state index contributed by atoms with van der Waals surface area (Å²) < 4.78 is 1.86. The van der Waals surface area contributed by atoms with Crippen LogP contribution in [0, 0.1) is 26.7 Å². The van der Waals surface area contributed by atoms with Crippen LogP contribution in [0.1, 0.15) is 47.1 Å². The van der Waals surface area contributed by atoms with Crippen LogP contribution >= 0.6 is 0 Å². The van der Waals surface area contributed by atoms with E-state index in [0.29, 0.717) is 12.5 Å². The van der Waals surface area contributed by atoms with Crippen molar-refractivity contribution in [3.05, 3.63) is 98.7 Å². The van der Waals surface area contributed by atoms with Crippen molar-refractivity contribution in [2.75, 3.05) is 13.1 Å². The number of rotatable bonds is 7. The van der Waals surface area contributed by atoms with Crippen LogP contribution in [0.4, 0.5) is 0 Å². The second-order valence-corrected chi connectivity index (χ2v) is 9.25. The van der Waals surface area contributed by atoms with Crippen LogP contribution in [-0.4, -0.2) is 22.6 Å². The van der Waals surface area contributed by atoms with E-state index >= 15 is 0 Å². The van der Waals surface area contributed by atoms with Crippen LogP contribution in [0.3, 0.4) is 0 Å². The molecule has 1 unspecified atom stereocenters. The lowest BCUT2D eigenvalue weighted by atomic mass is 9.87. The molecule has 0 saturated carbocycles.